The van der Waals surface area contributed by atoms with Crippen molar-refractivity contribution in [2.45, 2.75) is 19.4 Å². The third-order valence-electron chi connectivity index (χ3n) is 2.39. The van der Waals surface area contributed by atoms with E-state index >= 15 is 0 Å². The van der Waals surface area contributed by atoms with Crippen LogP contribution in [0.3, 0.4) is 0 Å². The number of aromatic amines is 1. The second-order valence-electron chi connectivity index (χ2n) is 3.54. The van der Waals surface area contributed by atoms with E-state index in [-0.39, 0.29) is 0 Å². The van der Waals surface area contributed by atoms with Crippen molar-refractivity contribution in [3.63, 3.8) is 0 Å². The van der Waals surface area contributed by atoms with E-state index < -0.39 is 0 Å². The van der Waals surface area contributed by atoms with Crippen molar-refractivity contribution in [2.24, 2.45) is 5.73 Å². The maximum Gasteiger partial charge on any atom is 0.106 e. The summed E-state index contributed by atoms with van der Waals surface area (Å²) in [5, 5.41) is 0. The lowest BCUT2D eigenvalue weighted by Crippen LogP contribution is -1.97. The molecular weight excluding hydrogens is 186 g/mol. The van der Waals surface area contributed by atoms with Gasteiger partial charge >= 0.3 is 0 Å². The van der Waals surface area contributed by atoms with Crippen molar-refractivity contribution in [1.82, 2.24) is 9.97 Å². The Balaban J connectivity index is 1.93. The molecule has 2 aromatic rings. The summed E-state index contributed by atoms with van der Waals surface area (Å²) < 4.78 is 0. The van der Waals surface area contributed by atoms with Gasteiger partial charge in [-0.15, -0.1) is 0 Å². The highest BCUT2D eigenvalue weighted by molar-refractivity contribution is 5.15. The lowest BCUT2D eigenvalue weighted by Gasteiger charge is -1.98. The zero-order chi connectivity index (χ0) is 10.5. The van der Waals surface area contributed by atoms with Gasteiger partial charge in [0.15, 0.2) is 0 Å². The lowest BCUT2D eigenvalue weighted by molar-refractivity contribution is 0.872. The van der Waals surface area contributed by atoms with Gasteiger partial charge in [-0.05, 0) is 12.0 Å². The highest BCUT2D eigenvalue weighted by atomic mass is 14.9. The number of aromatic nitrogens is 2. The number of hydrogen-bond acceptors (Lipinski definition) is 2. The van der Waals surface area contributed by atoms with Gasteiger partial charge in [0.2, 0.25) is 0 Å². The minimum atomic E-state index is 0.526. The second kappa shape index (κ2) is 4.75. The summed E-state index contributed by atoms with van der Waals surface area (Å²) in [6, 6.07) is 10.4. The number of nitrogens with one attached hydrogen (secondary N) is 1. The molecule has 3 N–H and O–H groups in total. The van der Waals surface area contributed by atoms with E-state index in [0.717, 1.165) is 24.4 Å². The molecule has 1 aromatic carbocycles. The Morgan fingerprint density at radius 3 is 2.60 bits per heavy atom. The van der Waals surface area contributed by atoms with Crippen molar-refractivity contribution in [3.05, 3.63) is 53.6 Å². The number of H-pyrrole nitrogens is 1. The number of benzene rings is 1. The van der Waals surface area contributed by atoms with E-state index in [0.29, 0.717) is 6.54 Å². The summed E-state index contributed by atoms with van der Waals surface area (Å²) >= 11 is 0. The highest BCUT2D eigenvalue weighted by Crippen LogP contribution is 2.04. The van der Waals surface area contributed by atoms with Crippen LogP contribution >= 0.6 is 0 Å². The third kappa shape index (κ3) is 2.67. The molecule has 1 aromatic heterocycles. The molecule has 3 heteroatoms. The lowest BCUT2D eigenvalue weighted by atomic mass is 10.1. The average Bonchev–Trinajstić information content (AvgIpc) is 2.76. The predicted molar refractivity (Wildman–Crippen MR) is 60.3 cm³/mol. The molecule has 0 aliphatic heterocycles. The number of nitrogens with two attached hydrogens (primary N) is 1. The first-order valence-electron chi connectivity index (χ1n) is 5.15. The molecule has 0 spiro atoms. The normalized spacial score (nSPS) is 10.5. The van der Waals surface area contributed by atoms with Crippen LogP contribution in [0.5, 0.6) is 0 Å². The molecule has 0 saturated heterocycles. The zero-order valence-corrected chi connectivity index (χ0v) is 8.61. The Morgan fingerprint density at radius 1 is 1.13 bits per heavy atom. The highest BCUT2D eigenvalue weighted by Gasteiger charge is 1.99. The van der Waals surface area contributed by atoms with Gasteiger partial charge in [-0.25, -0.2) is 4.98 Å². The van der Waals surface area contributed by atoms with Gasteiger partial charge < -0.3 is 10.7 Å². The maximum absolute atomic E-state index is 5.50. The van der Waals surface area contributed by atoms with Gasteiger partial charge in [0.05, 0.1) is 0 Å². The van der Waals surface area contributed by atoms with Crippen molar-refractivity contribution in [1.29, 1.82) is 0 Å². The summed E-state index contributed by atoms with van der Waals surface area (Å²) in [5.74, 6) is 1.01. The van der Waals surface area contributed by atoms with Crippen LogP contribution in [0.25, 0.3) is 0 Å². The van der Waals surface area contributed by atoms with Gasteiger partial charge in [0, 0.05) is 24.9 Å². The van der Waals surface area contributed by atoms with Gasteiger partial charge in [-0.1, -0.05) is 30.3 Å². The molecule has 1 heterocycles. The SMILES string of the molecule is NCc1cnc(CCc2ccccc2)[nH]1. The molecule has 0 atom stereocenters. The van der Waals surface area contributed by atoms with Crippen molar-refractivity contribution >= 4 is 0 Å². The van der Waals surface area contributed by atoms with Crippen LogP contribution in [0.15, 0.2) is 36.5 Å². The zero-order valence-electron chi connectivity index (χ0n) is 8.61. The van der Waals surface area contributed by atoms with E-state index in [1.807, 2.05) is 6.07 Å². The van der Waals surface area contributed by atoms with E-state index in [2.05, 4.69) is 34.2 Å². The summed E-state index contributed by atoms with van der Waals surface area (Å²) in [6.07, 6.45) is 3.75. The van der Waals surface area contributed by atoms with Gasteiger partial charge in [0.1, 0.15) is 5.82 Å². The molecule has 0 aliphatic rings. The van der Waals surface area contributed by atoms with Crippen LogP contribution in [0.4, 0.5) is 0 Å². The van der Waals surface area contributed by atoms with Crippen molar-refractivity contribution in [3.8, 4) is 0 Å². The second-order valence-corrected chi connectivity index (χ2v) is 3.54. The van der Waals surface area contributed by atoms with E-state index in [1.165, 1.54) is 5.56 Å². The molecule has 2 rings (SSSR count). The van der Waals surface area contributed by atoms with Gasteiger partial charge in [0.25, 0.3) is 0 Å². The Labute approximate surface area is 89.4 Å². The first-order valence-corrected chi connectivity index (χ1v) is 5.15. The Bertz CT molecular complexity index is 406. The molecule has 0 radical (unpaired) electrons. The summed E-state index contributed by atoms with van der Waals surface area (Å²) in [7, 11) is 0. The molecular formula is C12H15N3. The molecule has 0 fully saturated rings. The van der Waals surface area contributed by atoms with Crippen LogP contribution in [-0.4, -0.2) is 9.97 Å². The fourth-order valence-electron chi connectivity index (χ4n) is 1.54. The van der Waals surface area contributed by atoms with E-state index in [1.54, 1.807) is 6.20 Å². The first kappa shape index (κ1) is 9.93. The molecule has 15 heavy (non-hydrogen) atoms. The Hall–Kier alpha value is -1.61. The molecule has 3 nitrogen and oxygen atoms in total. The Kier molecular flexibility index (Phi) is 3.15. The summed E-state index contributed by atoms with van der Waals surface area (Å²) in [4.78, 5) is 7.46. The molecule has 78 valence electrons. The van der Waals surface area contributed by atoms with Crippen LogP contribution in [0.1, 0.15) is 17.1 Å². The number of aryl methyl sites for hydroxylation is 2. The molecule has 0 aliphatic carbocycles. The standard InChI is InChI=1S/C12H15N3/c13-8-11-9-14-12(15-11)7-6-10-4-2-1-3-5-10/h1-5,9H,6-8,13H2,(H,14,15). The summed E-state index contributed by atoms with van der Waals surface area (Å²) in [5.41, 5.74) is 7.83. The first-order chi connectivity index (χ1) is 7.38. The average molecular weight is 201 g/mol. The minimum Gasteiger partial charge on any atom is -0.345 e. The monoisotopic (exact) mass is 201 g/mol. The van der Waals surface area contributed by atoms with Crippen LogP contribution in [0.2, 0.25) is 0 Å². The smallest absolute Gasteiger partial charge is 0.106 e. The fourth-order valence-corrected chi connectivity index (χ4v) is 1.54. The number of rotatable bonds is 4. The molecule has 0 amide bonds. The molecule has 0 unspecified atom stereocenters. The summed E-state index contributed by atoms with van der Waals surface area (Å²) in [6.45, 7) is 0.526. The fraction of sp³-hybridized carbons (Fsp3) is 0.250. The number of hydrogen-bond donors (Lipinski definition) is 2. The largest absolute Gasteiger partial charge is 0.345 e. The van der Waals surface area contributed by atoms with Gasteiger partial charge in [-0.3, -0.25) is 0 Å². The maximum atomic E-state index is 5.50. The van der Waals surface area contributed by atoms with Crippen molar-refractivity contribution < 1.29 is 0 Å². The number of nitrogens with zero attached hydrogens (tertiary/aromatic N) is 1. The topological polar surface area (TPSA) is 54.7 Å². The van der Waals surface area contributed by atoms with Crippen molar-refractivity contribution in [2.75, 3.05) is 0 Å². The van der Waals surface area contributed by atoms with E-state index in [9.17, 15) is 0 Å². The van der Waals surface area contributed by atoms with Crippen LogP contribution < -0.4 is 5.73 Å². The Morgan fingerprint density at radius 2 is 1.93 bits per heavy atom. The predicted octanol–water partition coefficient (Wildman–Crippen LogP) is 1.65. The quantitative estimate of drug-likeness (QED) is 0.790. The van der Waals surface area contributed by atoms with Crippen LogP contribution in [-0.2, 0) is 19.4 Å². The van der Waals surface area contributed by atoms with Crippen LogP contribution in [0, 0.1) is 0 Å². The van der Waals surface area contributed by atoms with E-state index in [4.69, 9.17) is 5.73 Å². The molecule has 0 saturated carbocycles. The minimum absolute atomic E-state index is 0.526. The molecule has 0 bridgehead atoms. The van der Waals surface area contributed by atoms with Gasteiger partial charge in [-0.2, -0.15) is 0 Å². The third-order valence-corrected chi connectivity index (χ3v) is 2.39. The number of imidazole rings is 1.